The molecule has 0 aromatic carbocycles. The van der Waals surface area contributed by atoms with E-state index in [-0.39, 0.29) is 17.6 Å². The van der Waals surface area contributed by atoms with Crippen LogP contribution in [-0.2, 0) is 4.74 Å². The standard InChI is InChI=1S/C32H51N5O3/c1-5-6-12-27-22-37(21-26-10-8-7-9-11-26)31(39)40-32(27)15-19-35(20-16-32)28-13-17-36(18-14-28)30(38)29-23(2)33-25(4)34-24(29)3/h26-28H,5-22H2,1-4H3. The fourth-order valence-corrected chi connectivity index (χ4v) is 8.03. The van der Waals surface area contributed by atoms with E-state index in [9.17, 15) is 9.59 Å². The Balaban J connectivity index is 1.16. The zero-order valence-corrected chi connectivity index (χ0v) is 25.4. The Bertz CT molecular complexity index is 1020. The zero-order valence-electron chi connectivity index (χ0n) is 25.4. The van der Waals surface area contributed by atoms with E-state index >= 15 is 0 Å². The molecular formula is C32H51N5O3. The minimum absolute atomic E-state index is 0.0655. The van der Waals surface area contributed by atoms with Crippen molar-refractivity contribution in [3.8, 4) is 0 Å². The van der Waals surface area contributed by atoms with Gasteiger partial charge in [-0.3, -0.25) is 9.69 Å². The summed E-state index contributed by atoms with van der Waals surface area (Å²) >= 11 is 0. The Kier molecular flexibility index (Phi) is 9.33. The molecule has 222 valence electrons. The lowest BCUT2D eigenvalue weighted by atomic mass is 9.75. The normalized spacial score (nSPS) is 24.9. The maximum Gasteiger partial charge on any atom is 0.410 e. The molecule has 1 saturated carbocycles. The Morgan fingerprint density at radius 3 is 2.23 bits per heavy atom. The molecule has 4 heterocycles. The molecular weight excluding hydrogens is 502 g/mol. The van der Waals surface area contributed by atoms with Crippen LogP contribution in [0.4, 0.5) is 4.79 Å². The predicted octanol–water partition coefficient (Wildman–Crippen LogP) is 5.68. The number of aryl methyl sites for hydroxylation is 3. The SMILES string of the molecule is CCCCC1CN(CC2CCCCC2)C(=O)OC12CCN(C1CCN(C(=O)c3c(C)nc(C)nc3C)CC1)CC2. The molecule has 3 aliphatic heterocycles. The van der Waals surface area contributed by atoms with E-state index in [4.69, 9.17) is 4.74 Å². The Hall–Kier alpha value is -2.22. The number of hydrogen-bond donors (Lipinski definition) is 0. The molecule has 1 atom stereocenters. The number of unbranched alkanes of at least 4 members (excludes halogenated alkanes) is 1. The van der Waals surface area contributed by atoms with Gasteiger partial charge >= 0.3 is 6.09 Å². The zero-order chi connectivity index (χ0) is 28.3. The first-order chi connectivity index (χ1) is 19.3. The minimum atomic E-state index is -0.303. The summed E-state index contributed by atoms with van der Waals surface area (Å²) in [6, 6.07) is 0.481. The van der Waals surface area contributed by atoms with Gasteiger partial charge < -0.3 is 14.5 Å². The second-order valence-corrected chi connectivity index (χ2v) is 13.1. The molecule has 1 spiro atoms. The summed E-state index contributed by atoms with van der Waals surface area (Å²) in [6.07, 6.45) is 13.8. The number of amides is 2. The van der Waals surface area contributed by atoms with Gasteiger partial charge in [0.2, 0.25) is 0 Å². The van der Waals surface area contributed by atoms with Crippen molar-refractivity contribution in [3.05, 3.63) is 22.8 Å². The van der Waals surface area contributed by atoms with Crippen LogP contribution in [0.25, 0.3) is 0 Å². The second-order valence-electron chi connectivity index (χ2n) is 13.1. The van der Waals surface area contributed by atoms with Crippen LogP contribution in [0, 0.1) is 32.6 Å². The van der Waals surface area contributed by atoms with Crippen molar-refractivity contribution in [2.24, 2.45) is 11.8 Å². The average molecular weight is 554 g/mol. The summed E-state index contributed by atoms with van der Waals surface area (Å²) in [6.45, 7) is 13.2. The lowest BCUT2D eigenvalue weighted by Crippen LogP contribution is -2.61. The van der Waals surface area contributed by atoms with E-state index in [0.717, 1.165) is 82.8 Å². The quantitative estimate of drug-likeness (QED) is 0.432. The molecule has 1 aromatic heterocycles. The number of aromatic nitrogens is 2. The van der Waals surface area contributed by atoms with Crippen LogP contribution in [0.2, 0.25) is 0 Å². The first-order valence-electron chi connectivity index (χ1n) is 16.1. The van der Waals surface area contributed by atoms with Crippen molar-refractivity contribution < 1.29 is 14.3 Å². The topological polar surface area (TPSA) is 78.9 Å². The van der Waals surface area contributed by atoms with Gasteiger partial charge in [0.1, 0.15) is 11.4 Å². The number of nitrogens with zero attached hydrogens (tertiary/aromatic N) is 5. The van der Waals surface area contributed by atoms with Gasteiger partial charge in [-0.15, -0.1) is 0 Å². The fraction of sp³-hybridized carbons (Fsp3) is 0.812. The molecule has 1 aromatic rings. The molecule has 3 saturated heterocycles. The van der Waals surface area contributed by atoms with E-state index in [1.807, 2.05) is 25.7 Å². The van der Waals surface area contributed by atoms with Crippen molar-refractivity contribution in [2.45, 2.75) is 116 Å². The van der Waals surface area contributed by atoms with Crippen LogP contribution >= 0.6 is 0 Å². The molecule has 0 bridgehead atoms. The van der Waals surface area contributed by atoms with Gasteiger partial charge in [-0.05, 0) is 58.8 Å². The van der Waals surface area contributed by atoms with Crippen LogP contribution in [-0.4, -0.2) is 87.6 Å². The summed E-state index contributed by atoms with van der Waals surface area (Å²) in [5, 5.41) is 0. The highest BCUT2D eigenvalue weighted by molar-refractivity contribution is 5.96. The first-order valence-corrected chi connectivity index (χ1v) is 16.1. The summed E-state index contributed by atoms with van der Waals surface area (Å²) in [5.41, 5.74) is 1.91. The van der Waals surface area contributed by atoms with Crippen LogP contribution in [0.3, 0.4) is 0 Å². The number of rotatable bonds is 7. The van der Waals surface area contributed by atoms with Crippen LogP contribution in [0.1, 0.15) is 112 Å². The molecule has 8 nitrogen and oxygen atoms in total. The van der Waals surface area contributed by atoms with E-state index in [0.29, 0.717) is 29.3 Å². The Morgan fingerprint density at radius 1 is 0.950 bits per heavy atom. The van der Waals surface area contributed by atoms with E-state index in [2.05, 4.69) is 26.7 Å². The first kappa shape index (κ1) is 29.3. The van der Waals surface area contributed by atoms with E-state index < -0.39 is 0 Å². The highest BCUT2D eigenvalue weighted by Gasteiger charge is 2.50. The van der Waals surface area contributed by atoms with Crippen molar-refractivity contribution in [1.82, 2.24) is 24.7 Å². The maximum absolute atomic E-state index is 13.3. The van der Waals surface area contributed by atoms with E-state index in [1.165, 1.54) is 44.9 Å². The minimum Gasteiger partial charge on any atom is -0.442 e. The fourth-order valence-electron chi connectivity index (χ4n) is 8.03. The lowest BCUT2D eigenvalue weighted by Gasteiger charge is -2.52. The number of piperidine rings is 2. The van der Waals surface area contributed by atoms with Gasteiger partial charge in [0.25, 0.3) is 5.91 Å². The van der Waals surface area contributed by atoms with Crippen molar-refractivity contribution >= 4 is 12.0 Å². The lowest BCUT2D eigenvalue weighted by molar-refractivity contribution is -0.127. The molecule has 0 radical (unpaired) electrons. The largest absolute Gasteiger partial charge is 0.442 e. The van der Waals surface area contributed by atoms with Crippen molar-refractivity contribution in [1.29, 1.82) is 0 Å². The van der Waals surface area contributed by atoms with Gasteiger partial charge in [-0.1, -0.05) is 39.0 Å². The molecule has 2 amide bonds. The molecule has 4 fully saturated rings. The van der Waals surface area contributed by atoms with Gasteiger partial charge in [-0.25, -0.2) is 14.8 Å². The van der Waals surface area contributed by atoms with Crippen LogP contribution in [0.5, 0.6) is 0 Å². The third-order valence-electron chi connectivity index (χ3n) is 10.4. The van der Waals surface area contributed by atoms with Gasteiger partial charge in [0.15, 0.2) is 0 Å². The third kappa shape index (κ3) is 6.32. The van der Waals surface area contributed by atoms with Crippen LogP contribution < -0.4 is 0 Å². The van der Waals surface area contributed by atoms with Gasteiger partial charge in [0, 0.05) is 64.1 Å². The molecule has 1 unspecified atom stereocenters. The second kappa shape index (κ2) is 12.7. The molecule has 8 heteroatoms. The molecule has 5 rings (SSSR count). The monoisotopic (exact) mass is 553 g/mol. The Morgan fingerprint density at radius 2 is 1.60 bits per heavy atom. The molecule has 0 N–H and O–H groups in total. The third-order valence-corrected chi connectivity index (χ3v) is 10.4. The van der Waals surface area contributed by atoms with Gasteiger partial charge in [0.05, 0.1) is 17.0 Å². The predicted molar refractivity (Wildman–Crippen MR) is 156 cm³/mol. The number of hydrogen-bond acceptors (Lipinski definition) is 6. The average Bonchev–Trinajstić information content (AvgIpc) is 2.94. The molecule has 40 heavy (non-hydrogen) atoms. The number of carbonyl (C=O) groups is 2. The number of likely N-dealkylation sites (tertiary alicyclic amines) is 2. The maximum atomic E-state index is 13.3. The highest BCUT2D eigenvalue weighted by atomic mass is 16.6. The van der Waals surface area contributed by atoms with E-state index in [1.54, 1.807) is 0 Å². The summed E-state index contributed by atoms with van der Waals surface area (Å²) < 4.78 is 6.44. The summed E-state index contributed by atoms with van der Waals surface area (Å²) in [4.78, 5) is 42.1. The number of carbonyl (C=O) groups excluding carboxylic acids is 2. The van der Waals surface area contributed by atoms with Crippen molar-refractivity contribution in [3.63, 3.8) is 0 Å². The number of ether oxygens (including phenoxy) is 1. The summed E-state index contributed by atoms with van der Waals surface area (Å²) in [5.74, 6) is 1.86. The molecule has 4 aliphatic rings. The van der Waals surface area contributed by atoms with Crippen molar-refractivity contribution in [2.75, 3.05) is 39.3 Å². The van der Waals surface area contributed by atoms with Gasteiger partial charge in [-0.2, -0.15) is 0 Å². The highest BCUT2D eigenvalue weighted by Crippen LogP contribution is 2.42. The van der Waals surface area contributed by atoms with Crippen LogP contribution in [0.15, 0.2) is 0 Å². The molecule has 1 aliphatic carbocycles. The Labute approximate surface area is 241 Å². The summed E-state index contributed by atoms with van der Waals surface area (Å²) in [7, 11) is 0. The smallest absolute Gasteiger partial charge is 0.410 e.